The first-order chi connectivity index (χ1) is 15.5. The molecule has 1 fully saturated rings. The molecule has 0 bridgehead atoms. The average molecular weight is 492 g/mol. The van der Waals surface area contributed by atoms with Crippen molar-refractivity contribution in [2.75, 3.05) is 48.7 Å². The van der Waals surface area contributed by atoms with Crippen molar-refractivity contribution in [1.82, 2.24) is 15.1 Å². The predicted molar refractivity (Wildman–Crippen MR) is 130 cm³/mol. The molecule has 1 N–H and O–H groups in total. The summed E-state index contributed by atoms with van der Waals surface area (Å²) in [6, 6.07) is 12.8. The minimum absolute atomic E-state index is 0.125. The molecule has 1 saturated heterocycles. The molecule has 0 radical (unpaired) electrons. The molecule has 0 aliphatic carbocycles. The summed E-state index contributed by atoms with van der Waals surface area (Å²) in [5.41, 5.74) is 2.22. The van der Waals surface area contributed by atoms with E-state index in [0.29, 0.717) is 32.4 Å². The Labute approximate surface area is 201 Å². The largest absolute Gasteiger partial charge is 0.411 e. The first-order valence-corrected chi connectivity index (χ1v) is 12.1. The van der Waals surface area contributed by atoms with Crippen molar-refractivity contribution in [3.8, 4) is 11.5 Å². The quantitative estimate of drug-likeness (QED) is 0.470. The fourth-order valence-electron chi connectivity index (χ4n) is 3.55. The van der Waals surface area contributed by atoms with Gasteiger partial charge in [-0.05, 0) is 30.8 Å². The number of benzene rings is 2. The molecule has 0 atom stereocenters. The van der Waals surface area contributed by atoms with Gasteiger partial charge in [-0.3, -0.25) is 4.79 Å². The molecule has 3 aromatic rings. The van der Waals surface area contributed by atoms with Gasteiger partial charge in [0.05, 0.1) is 32.7 Å². The lowest BCUT2D eigenvalue weighted by molar-refractivity contribution is -0.113. The minimum atomic E-state index is -0.178. The fraction of sp³-hybridized carbons (Fsp3) is 0.318. The lowest BCUT2D eigenvalue weighted by Crippen LogP contribution is -2.46. The zero-order chi connectivity index (χ0) is 22.5. The van der Waals surface area contributed by atoms with E-state index >= 15 is 0 Å². The zero-order valence-electron chi connectivity index (χ0n) is 17.6. The third-order valence-electron chi connectivity index (χ3n) is 5.23. The van der Waals surface area contributed by atoms with Crippen molar-refractivity contribution < 1.29 is 9.21 Å². The van der Waals surface area contributed by atoms with Gasteiger partial charge in [0.1, 0.15) is 0 Å². The molecule has 10 heteroatoms. The van der Waals surface area contributed by atoms with E-state index in [2.05, 4.69) is 32.2 Å². The predicted octanol–water partition coefficient (Wildman–Crippen LogP) is 4.92. The minimum Gasteiger partial charge on any atom is -0.411 e. The Bertz CT molecular complexity index is 1090. The Morgan fingerprint density at radius 1 is 1.06 bits per heavy atom. The van der Waals surface area contributed by atoms with Crippen LogP contribution < -0.4 is 10.2 Å². The lowest BCUT2D eigenvalue weighted by Gasteiger charge is -2.36. The first kappa shape index (κ1) is 22.9. The van der Waals surface area contributed by atoms with Crippen molar-refractivity contribution in [3.05, 3.63) is 52.5 Å². The standard InChI is InChI=1S/C22H23Cl2N5O2S/c1-2-28-10-12-29(13-11-28)20-17(24)8-5-9-18(20)25-19(30)14-32-22-27-26-21(31-22)15-6-3-4-7-16(15)23/h3-9H,2,10-14H2,1H3,(H,25,30). The lowest BCUT2D eigenvalue weighted by atomic mass is 10.2. The molecular formula is C22H23Cl2N5O2S. The number of halogens is 2. The van der Waals surface area contributed by atoms with E-state index in [1.54, 1.807) is 12.1 Å². The topological polar surface area (TPSA) is 74.5 Å². The molecule has 1 aliphatic heterocycles. The molecule has 0 saturated carbocycles. The van der Waals surface area contributed by atoms with Gasteiger partial charge in [-0.1, -0.05) is 60.1 Å². The molecule has 4 rings (SSSR count). The Kier molecular flexibility index (Phi) is 7.57. The summed E-state index contributed by atoms with van der Waals surface area (Å²) < 4.78 is 5.65. The number of likely N-dealkylation sites (N-methyl/N-ethyl adjacent to an activating group) is 1. The van der Waals surface area contributed by atoms with E-state index in [-0.39, 0.29) is 11.7 Å². The molecule has 2 heterocycles. The number of carbonyl (C=O) groups excluding carboxylic acids is 1. The highest BCUT2D eigenvalue weighted by molar-refractivity contribution is 7.99. The number of nitrogens with zero attached hydrogens (tertiary/aromatic N) is 4. The van der Waals surface area contributed by atoms with Crippen LogP contribution in [0, 0.1) is 0 Å². The van der Waals surface area contributed by atoms with E-state index in [1.165, 1.54) is 11.8 Å². The summed E-state index contributed by atoms with van der Waals surface area (Å²) in [5.74, 6) is 0.268. The molecule has 1 aliphatic rings. The van der Waals surface area contributed by atoms with Crippen LogP contribution in [-0.4, -0.2) is 59.5 Å². The van der Waals surface area contributed by atoms with Crippen molar-refractivity contribution in [3.63, 3.8) is 0 Å². The summed E-state index contributed by atoms with van der Waals surface area (Å²) in [5, 5.41) is 12.5. The molecule has 0 unspecified atom stereocenters. The highest BCUT2D eigenvalue weighted by Crippen LogP contribution is 2.35. The number of piperazine rings is 1. The Hall–Kier alpha value is -2.26. The number of hydrogen-bond acceptors (Lipinski definition) is 7. The molecule has 32 heavy (non-hydrogen) atoms. The number of carbonyl (C=O) groups is 1. The van der Waals surface area contributed by atoms with Crippen LogP contribution >= 0.6 is 35.0 Å². The molecule has 1 amide bonds. The van der Waals surface area contributed by atoms with E-state index in [0.717, 1.165) is 38.4 Å². The van der Waals surface area contributed by atoms with Gasteiger partial charge < -0.3 is 19.5 Å². The van der Waals surface area contributed by atoms with Gasteiger partial charge in [0.25, 0.3) is 5.22 Å². The second-order valence-electron chi connectivity index (χ2n) is 7.25. The molecule has 1 aromatic heterocycles. The SMILES string of the molecule is CCN1CCN(c2c(Cl)cccc2NC(=O)CSc2nnc(-c3ccccc3Cl)o2)CC1. The van der Waals surface area contributed by atoms with Crippen LogP contribution in [0.15, 0.2) is 52.1 Å². The summed E-state index contributed by atoms with van der Waals surface area (Å²) >= 11 is 13.9. The van der Waals surface area contributed by atoms with Gasteiger partial charge in [0.15, 0.2) is 0 Å². The van der Waals surface area contributed by atoms with Crippen LogP contribution in [0.5, 0.6) is 0 Å². The van der Waals surface area contributed by atoms with Crippen LogP contribution in [0.3, 0.4) is 0 Å². The molecule has 2 aromatic carbocycles. The van der Waals surface area contributed by atoms with Gasteiger partial charge in [0.2, 0.25) is 11.8 Å². The third kappa shape index (κ3) is 5.38. The maximum Gasteiger partial charge on any atom is 0.277 e. The maximum absolute atomic E-state index is 12.6. The van der Waals surface area contributed by atoms with Crippen molar-refractivity contribution in [2.24, 2.45) is 0 Å². The Morgan fingerprint density at radius 3 is 2.56 bits per heavy atom. The number of amides is 1. The van der Waals surface area contributed by atoms with Crippen LogP contribution in [0.1, 0.15) is 6.92 Å². The maximum atomic E-state index is 12.6. The summed E-state index contributed by atoms with van der Waals surface area (Å²) in [6.45, 7) is 6.86. The highest BCUT2D eigenvalue weighted by atomic mass is 35.5. The van der Waals surface area contributed by atoms with E-state index in [9.17, 15) is 4.79 Å². The summed E-state index contributed by atoms with van der Waals surface area (Å²) in [7, 11) is 0. The monoisotopic (exact) mass is 491 g/mol. The van der Waals surface area contributed by atoms with Crippen molar-refractivity contribution in [1.29, 1.82) is 0 Å². The average Bonchev–Trinajstić information content (AvgIpc) is 3.27. The van der Waals surface area contributed by atoms with Crippen molar-refractivity contribution in [2.45, 2.75) is 12.1 Å². The van der Waals surface area contributed by atoms with E-state index < -0.39 is 0 Å². The van der Waals surface area contributed by atoms with Crippen LogP contribution in [0.2, 0.25) is 10.0 Å². The van der Waals surface area contributed by atoms with E-state index in [1.807, 2.05) is 30.3 Å². The number of hydrogen-bond donors (Lipinski definition) is 1. The number of anilines is 2. The number of nitrogens with one attached hydrogen (secondary N) is 1. The number of aromatic nitrogens is 2. The van der Waals surface area contributed by atoms with Crippen molar-refractivity contribution >= 4 is 52.2 Å². The molecule has 7 nitrogen and oxygen atoms in total. The second kappa shape index (κ2) is 10.6. The summed E-state index contributed by atoms with van der Waals surface area (Å²) in [4.78, 5) is 17.3. The third-order valence-corrected chi connectivity index (χ3v) is 6.69. The highest BCUT2D eigenvalue weighted by Gasteiger charge is 2.21. The van der Waals surface area contributed by atoms with Gasteiger partial charge >= 0.3 is 0 Å². The smallest absolute Gasteiger partial charge is 0.277 e. The van der Waals surface area contributed by atoms with Gasteiger partial charge in [0, 0.05) is 26.2 Å². The number of thioether (sulfide) groups is 1. The molecule has 0 spiro atoms. The van der Waals surface area contributed by atoms with Crippen LogP contribution in [0.4, 0.5) is 11.4 Å². The van der Waals surface area contributed by atoms with Crippen LogP contribution in [0.25, 0.3) is 11.5 Å². The van der Waals surface area contributed by atoms with E-state index in [4.69, 9.17) is 27.6 Å². The fourth-order valence-corrected chi connectivity index (χ4v) is 4.62. The second-order valence-corrected chi connectivity index (χ2v) is 8.99. The first-order valence-electron chi connectivity index (χ1n) is 10.3. The normalized spacial score (nSPS) is 14.5. The van der Waals surface area contributed by atoms with Gasteiger partial charge in [-0.2, -0.15) is 0 Å². The zero-order valence-corrected chi connectivity index (χ0v) is 19.9. The van der Waals surface area contributed by atoms with Gasteiger partial charge in [-0.25, -0.2) is 0 Å². The van der Waals surface area contributed by atoms with Crippen LogP contribution in [-0.2, 0) is 4.79 Å². The van der Waals surface area contributed by atoms with Gasteiger partial charge in [-0.15, -0.1) is 10.2 Å². The number of rotatable bonds is 7. The Morgan fingerprint density at radius 2 is 1.81 bits per heavy atom. The number of para-hydroxylation sites is 1. The molecular weight excluding hydrogens is 469 g/mol. The molecule has 168 valence electrons. The summed E-state index contributed by atoms with van der Waals surface area (Å²) in [6.07, 6.45) is 0. The Balaban J connectivity index is 1.39.